The first-order chi connectivity index (χ1) is 30.3. The van der Waals surface area contributed by atoms with Crippen LogP contribution in [-0.2, 0) is 0 Å². The molecule has 0 spiro atoms. The lowest BCUT2D eigenvalue weighted by Gasteiger charge is -2.33. The number of phenols is 2. The molecule has 8 aromatic rings. The van der Waals surface area contributed by atoms with E-state index in [0.717, 1.165) is 0 Å². The quantitative estimate of drug-likeness (QED) is 0.139. The summed E-state index contributed by atoms with van der Waals surface area (Å²) in [4.78, 5) is 0. The van der Waals surface area contributed by atoms with Gasteiger partial charge in [0.2, 0.25) is 0 Å². The van der Waals surface area contributed by atoms with E-state index in [1.807, 2.05) is 0 Å². The summed E-state index contributed by atoms with van der Waals surface area (Å²) in [6.45, 7) is 0. The Labute approximate surface area is 407 Å². The third-order valence-corrected chi connectivity index (χ3v) is 12.4. The molecule has 0 aromatic heterocycles. The summed E-state index contributed by atoms with van der Waals surface area (Å²) in [6, 6.07) is 1.40. The normalized spacial score (nSPS) is 11.7. The van der Waals surface area contributed by atoms with Gasteiger partial charge >= 0.3 is 0 Å². The molecule has 0 heterocycles. The smallest absolute Gasteiger partial charge is 0.118 e. The lowest BCUT2D eigenvalue weighted by Crippen LogP contribution is -2.50. The molecular formula is C40H3B23O2. The Morgan fingerprint density at radius 2 is 0.446 bits per heavy atom. The lowest BCUT2D eigenvalue weighted by atomic mass is 9.56. The Bertz CT molecular complexity index is 3490. The van der Waals surface area contributed by atoms with Crippen LogP contribution in [0.5, 0.6) is 11.5 Å². The Morgan fingerprint density at radius 1 is 0.185 bits per heavy atom. The summed E-state index contributed by atoms with van der Waals surface area (Å²) in [5.74, 6) is -1.36. The average Bonchev–Trinajstić information content (AvgIpc) is 3.26. The van der Waals surface area contributed by atoms with Crippen molar-refractivity contribution in [2.24, 2.45) is 0 Å². The van der Waals surface area contributed by atoms with Crippen molar-refractivity contribution in [2.75, 3.05) is 0 Å². The molecule has 0 aliphatic rings. The Kier molecular flexibility index (Phi) is 11.7. The predicted octanol–water partition coefficient (Wildman–Crippen LogP) is -17.0. The van der Waals surface area contributed by atoms with E-state index in [9.17, 15) is 10.2 Å². The van der Waals surface area contributed by atoms with Crippen LogP contribution < -0.4 is 126 Å². The predicted molar refractivity (Wildman–Crippen MR) is 300 cm³/mol. The highest BCUT2D eigenvalue weighted by atomic mass is 16.3. The first-order valence-electron chi connectivity index (χ1n) is 18.9. The van der Waals surface area contributed by atoms with E-state index in [-0.39, 0.29) is 197 Å². The van der Waals surface area contributed by atoms with Crippen molar-refractivity contribution >= 4 is 349 Å². The molecule has 0 amide bonds. The zero-order valence-corrected chi connectivity index (χ0v) is 34.3. The highest BCUT2D eigenvalue weighted by Gasteiger charge is 2.31. The number of hydrogen-bond donors (Lipinski definition) is 2. The van der Waals surface area contributed by atoms with Gasteiger partial charge in [-0.1, -0.05) is 98.9 Å². The van der Waals surface area contributed by atoms with Crippen LogP contribution in [0.15, 0.2) is 6.07 Å². The van der Waals surface area contributed by atoms with Crippen LogP contribution >= 0.6 is 0 Å². The number of phenolic OH excluding ortho intramolecular Hbond substituents is 2. The second-order valence-electron chi connectivity index (χ2n) is 15.7. The fraction of sp³-hybridized carbons (Fsp3) is 0. The monoisotopic (exact) mass is 768 g/mol. The van der Waals surface area contributed by atoms with E-state index in [4.69, 9.17) is 180 Å². The second kappa shape index (κ2) is 16.0. The molecule has 0 unspecified atom stereocenters. The molecule has 65 heavy (non-hydrogen) atoms. The number of hydrogen-bond acceptors (Lipinski definition) is 2. The summed E-state index contributed by atoms with van der Waals surface area (Å²) in [6.07, 6.45) is 0. The van der Waals surface area contributed by atoms with Crippen molar-refractivity contribution in [1.29, 1.82) is 0 Å². The van der Waals surface area contributed by atoms with Gasteiger partial charge in [0.25, 0.3) is 0 Å². The van der Waals surface area contributed by atoms with Crippen LogP contribution in [0.2, 0.25) is 0 Å². The van der Waals surface area contributed by atoms with Crippen LogP contribution in [0.25, 0.3) is 76.5 Å². The Balaban J connectivity index is 1.69. The van der Waals surface area contributed by atoms with E-state index in [1.165, 1.54) is 6.07 Å². The van der Waals surface area contributed by atoms with Crippen LogP contribution in [0.4, 0.5) is 0 Å². The highest BCUT2D eigenvalue weighted by Crippen LogP contribution is 2.45. The van der Waals surface area contributed by atoms with Gasteiger partial charge in [-0.3, -0.25) is 0 Å². The third-order valence-electron chi connectivity index (χ3n) is 12.4. The van der Waals surface area contributed by atoms with Crippen molar-refractivity contribution in [2.45, 2.75) is 0 Å². The molecule has 0 saturated carbocycles. The van der Waals surface area contributed by atoms with Crippen molar-refractivity contribution in [1.82, 2.24) is 0 Å². The zero-order chi connectivity index (χ0) is 48.2. The largest absolute Gasteiger partial charge is 0.508 e. The molecular weight excluding hydrogens is 761 g/mol. The number of rotatable bonds is 3. The summed E-state index contributed by atoms with van der Waals surface area (Å²) in [5.41, 5.74) is -5.30. The van der Waals surface area contributed by atoms with Gasteiger partial charge in [0.1, 0.15) is 192 Å². The third kappa shape index (κ3) is 6.20. The van der Waals surface area contributed by atoms with E-state index < -0.39 is 17.0 Å². The molecule has 0 atom stereocenters. The molecule has 46 radical (unpaired) electrons. The molecule has 2 nitrogen and oxygen atoms in total. The second-order valence-corrected chi connectivity index (χ2v) is 15.7. The molecule has 244 valence electrons. The maximum Gasteiger partial charge on any atom is 0.118 e. The highest BCUT2D eigenvalue weighted by molar-refractivity contribution is 6.74. The summed E-state index contributed by atoms with van der Waals surface area (Å²) in [7, 11) is 153. The van der Waals surface area contributed by atoms with Crippen LogP contribution in [-0.4, -0.2) is 191 Å². The van der Waals surface area contributed by atoms with Gasteiger partial charge in [0.15, 0.2) is 0 Å². The van der Waals surface area contributed by atoms with Gasteiger partial charge in [0, 0.05) is 16.3 Å². The standard InChI is InChI=1S/C40H3B23O2/c41-2-1-3(42)18(43)13-4(2)19(44)16(27(52)24(13)49)17-28(53)25(50)14(26(51)29(17)54)6-8-7(20(45)33(58)34(59)21(8)46)5(11-10(6)23(48)35(60)37(62)39(11)64)9-12-15(30(55)32(57)22(9)47)31(56)36(61)38(63)40(12)65/h1,64-65H. The fourth-order valence-electron chi connectivity index (χ4n) is 9.01. The maximum absolute atomic E-state index is 12.3. The summed E-state index contributed by atoms with van der Waals surface area (Å²) >= 11 is 0. The van der Waals surface area contributed by atoms with E-state index in [0.29, 0.717) is 0 Å². The molecule has 8 rings (SSSR count). The first kappa shape index (κ1) is 47.4. The van der Waals surface area contributed by atoms with Gasteiger partial charge in [0.05, 0.1) is 0 Å². The van der Waals surface area contributed by atoms with Crippen molar-refractivity contribution in [3.8, 4) is 44.9 Å². The van der Waals surface area contributed by atoms with Crippen LogP contribution in [0.1, 0.15) is 0 Å². The molecule has 0 bridgehead atoms. The van der Waals surface area contributed by atoms with Gasteiger partial charge < -0.3 is 10.2 Å². The van der Waals surface area contributed by atoms with E-state index >= 15 is 0 Å². The van der Waals surface area contributed by atoms with Crippen molar-refractivity contribution < 1.29 is 10.2 Å². The first-order valence-corrected chi connectivity index (χ1v) is 18.9. The van der Waals surface area contributed by atoms with Crippen molar-refractivity contribution in [3.63, 3.8) is 0 Å². The van der Waals surface area contributed by atoms with E-state index in [2.05, 4.69) is 0 Å². The minimum Gasteiger partial charge on any atom is -0.508 e. The van der Waals surface area contributed by atoms with Gasteiger partial charge in [-0.05, 0) is 60.1 Å². The van der Waals surface area contributed by atoms with Gasteiger partial charge in [-0.15, -0.1) is 32.8 Å². The minimum atomic E-state index is -0.712. The molecule has 0 aliphatic heterocycles. The number of benzene rings is 8. The molecule has 2 N–H and O–H groups in total. The molecule has 0 saturated heterocycles. The lowest BCUT2D eigenvalue weighted by molar-refractivity contribution is 0.485. The molecule has 0 fully saturated rings. The molecule has 0 aliphatic carbocycles. The van der Waals surface area contributed by atoms with Crippen molar-refractivity contribution in [3.05, 3.63) is 6.07 Å². The Hall–Kier alpha value is -4.11. The summed E-state index contributed by atoms with van der Waals surface area (Å²) in [5, 5.41) is 23.6. The van der Waals surface area contributed by atoms with Gasteiger partial charge in [-0.2, -0.15) is 0 Å². The number of aromatic hydroxyl groups is 2. The zero-order valence-electron chi connectivity index (χ0n) is 34.3. The maximum atomic E-state index is 12.3. The minimum absolute atomic E-state index is 0.00637. The molecule has 25 heteroatoms. The Morgan fingerprint density at radius 3 is 0.892 bits per heavy atom. The summed E-state index contributed by atoms with van der Waals surface area (Å²) < 4.78 is 0. The number of fused-ring (bicyclic) bond motifs is 4. The average molecular weight is 764 g/mol. The van der Waals surface area contributed by atoms with E-state index in [1.54, 1.807) is 0 Å². The molecule has 8 aromatic carbocycles. The van der Waals surface area contributed by atoms with Crippen LogP contribution in [0.3, 0.4) is 0 Å². The van der Waals surface area contributed by atoms with Gasteiger partial charge in [-0.25, -0.2) is 0 Å². The fourth-order valence-corrected chi connectivity index (χ4v) is 9.01. The SMILES string of the molecule is [B]c1cc([B])c2c([B])c(-c3c([B])c([B])c(-c4c5c([B])c([B])c([B])c([B])c5c(-c5c([B])c([B])c([B])c6c([B])c([B])c([B])c(O)c56)c5c(O)c([B])c([B])c([B])c45)c([B])c3[B])c([B])c([B])c2c1[B]. The topological polar surface area (TPSA) is 40.5 Å². The van der Waals surface area contributed by atoms with Crippen LogP contribution in [0, 0.1) is 0 Å².